The van der Waals surface area contributed by atoms with Crippen molar-refractivity contribution in [2.45, 2.75) is 24.1 Å². The summed E-state index contributed by atoms with van der Waals surface area (Å²) in [4.78, 5) is 18.2. The van der Waals surface area contributed by atoms with E-state index in [0.717, 1.165) is 12.8 Å². The maximum absolute atomic E-state index is 12.1. The van der Waals surface area contributed by atoms with Crippen LogP contribution in [0.2, 0.25) is 10.0 Å². The molecule has 3 fully saturated rings. The van der Waals surface area contributed by atoms with Crippen molar-refractivity contribution in [1.82, 2.24) is 0 Å². The Kier molecular flexibility index (Phi) is 4.10. The highest BCUT2D eigenvalue weighted by Crippen LogP contribution is 2.44. The summed E-state index contributed by atoms with van der Waals surface area (Å²) in [6, 6.07) is 4.75. The number of nitrogens with zero attached hydrogens (tertiary/aromatic N) is 2. The SMILES string of the molecule is O=C(N=C1S[C@H]2CS(=O)(=O)C[C@H]2N1c1cc(Cl)ccc1Cl)C1CC1. The standard InChI is InChI=1S/C15H14Cl2N2O3S2/c16-9-3-4-10(17)11(5-9)19-12-6-24(21,22)7-13(12)23-15(19)18-14(20)8-1-2-8/h3-5,8,12-13H,1-2,6-7H2/t12-,13+/m1/s1. The first-order valence-electron chi connectivity index (χ1n) is 7.58. The molecule has 0 aromatic heterocycles. The molecule has 4 rings (SSSR count). The summed E-state index contributed by atoms with van der Waals surface area (Å²) in [6.45, 7) is 0. The van der Waals surface area contributed by atoms with Gasteiger partial charge in [0.1, 0.15) is 0 Å². The third-order valence-corrected chi connectivity index (χ3v) is 8.13. The van der Waals surface area contributed by atoms with E-state index >= 15 is 0 Å². The number of rotatable bonds is 2. The second-order valence-electron chi connectivity index (χ2n) is 6.27. The lowest BCUT2D eigenvalue weighted by Gasteiger charge is -2.25. The highest BCUT2D eigenvalue weighted by atomic mass is 35.5. The molecule has 1 amide bonds. The number of carbonyl (C=O) groups is 1. The van der Waals surface area contributed by atoms with Crippen LogP contribution in [0.3, 0.4) is 0 Å². The Balaban J connectivity index is 1.77. The molecule has 5 nitrogen and oxygen atoms in total. The van der Waals surface area contributed by atoms with E-state index in [0.29, 0.717) is 20.9 Å². The van der Waals surface area contributed by atoms with Gasteiger partial charge in [0.2, 0.25) is 0 Å². The molecular formula is C15H14Cl2N2O3S2. The lowest BCUT2D eigenvalue weighted by Crippen LogP contribution is -2.38. The Morgan fingerprint density at radius 2 is 2.00 bits per heavy atom. The van der Waals surface area contributed by atoms with Gasteiger partial charge in [0, 0.05) is 16.2 Å². The van der Waals surface area contributed by atoms with Crippen LogP contribution in [0.4, 0.5) is 5.69 Å². The molecule has 2 heterocycles. The van der Waals surface area contributed by atoms with Gasteiger partial charge >= 0.3 is 0 Å². The van der Waals surface area contributed by atoms with Crippen molar-refractivity contribution in [3.05, 3.63) is 28.2 Å². The molecule has 2 saturated heterocycles. The van der Waals surface area contributed by atoms with Gasteiger partial charge < -0.3 is 4.90 Å². The Morgan fingerprint density at radius 3 is 2.71 bits per heavy atom. The maximum Gasteiger partial charge on any atom is 0.251 e. The van der Waals surface area contributed by atoms with E-state index in [-0.39, 0.29) is 34.6 Å². The second-order valence-corrected chi connectivity index (χ2v) is 10.5. The van der Waals surface area contributed by atoms with Crippen molar-refractivity contribution < 1.29 is 13.2 Å². The van der Waals surface area contributed by atoms with Gasteiger partial charge in [0.05, 0.1) is 28.3 Å². The van der Waals surface area contributed by atoms with Gasteiger partial charge in [0.15, 0.2) is 15.0 Å². The molecule has 0 bridgehead atoms. The molecule has 0 unspecified atom stereocenters. The molecule has 3 aliphatic rings. The Labute approximate surface area is 154 Å². The lowest BCUT2D eigenvalue weighted by molar-refractivity contribution is -0.118. The molecule has 0 spiro atoms. The number of benzene rings is 1. The van der Waals surface area contributed by atoms with Crippen LogP contribution in [0, 0.1) is 5.92 Å². The van der Waals surface area contributed by atoms with Gasteiger partial charge in [-0.15, -0.1) is 0 Å². The van der Waals surface area contributed by atoms with E-state index in [1.807, 2.05) is 0 Å². The molecule has 128 valence electrons. The van der Waals surface area contributed by atoms with Crippen LogP contribution >= 0.6 is 35.0 Å². The normalized spacial score (nSPS) is 29.9. The molecule has 24 heavy (non-hydrogen) atoms. The summed E-state index contributed by atoms with van der Waals surface area (Å²) in [6.07, 6.45) is 1.75. The van der Waals surface area contributed by atoms with E-state index in [4.69, 9.17) is 23.2 Å². The highest BCUT2D eigenvalue weighted by molar-refractivity contribution is 8.16. The maximum atomic E-state index is 12.1. The topological polar surface area (TPSA) is 66.8 Å². The van der Waals surface area contributed by atoms with E-state index < -0.39 is 9.84 Å². The average Bonchev–Trinajstić information content (AvgIpc) is 3.23. The molecule has 2 aliphatic heterocycles. The van der Waals surface area contributed by atoms with Crippen molar-refractivity contribution in [2.75, 3.05) is 16.4 Å². The highest BCUT2D eigenvalue weighted by Gasteiger charge is 2.50. The lowest BCUT2D eigenvalue weighted by atomic mass is 10.2. The van der Waals surface area contributed by atoms with Crippen molar-refractivity contribution in [2.24, 2.45) is 10.9 Å². The van der Waals surface area contributed by atoms with Crippen molar-refractivity contribution in [3.63, 3.8) is 0 Å². The summed E-state index contributed by atoms with van der Waals surface area (Å²) in [5.41, 5.74) is 0.601. The van der Waals surface area contributed by atoms with E-state index in [2.05, 4.69) is 4.99 Å². The predicted molar refractivity (Wildman–Crippen MR) is 97.9 cm³/mol. The van der Waals surface area contributed by atoms with Crippen LogP contribution in [-0.2, 0) is 14.6 Å². The predicted octanol–water partition coefficient (Wildman–Crippen LogP) is 3.00. The zero-order valence-corrected chi connectivity index (χ0v) is 15.6. The molecule has 1 aromatic carbocycles. The minimum Gasteiger partial charge on any atom is -0.314 e. The largest absolute Gasteiger partial charge is 0.314 e. The van der Waals surface area contributed by atoms with Crippen molar-refractivity contribution in [1.29, 1.82) is 0 Å². The summed E-state index contributed by atoms with van der Waals surface area (Å²) in [5.74, 6) is 0.0000795. The van der Waals surface area contributed by atoms with Gasteiger partial charge in [-0.25, -0.2) is 8.42 Å². The molecule has 0 radical (unpaired) electrons. The minimum atomic E-state index is -3.10. The first-order valence-corrected chi connectivity index (χ1v) is 11.0. The van der Waals surface area contributed by atoms with Crippen LogP contribution in [-0.4, -0.2) is 42.3 Å². The van der Waals surface area contributed by atoms with Crippen molar-refractivity contribution in [3.8, 4) is 0 Å². The number of hydrogen-bond acceptors (Lipinski definition) is 4. The average molecular weight is 405 g/mol. The second kappa shape index (κ2) is 5.90. The number of aliphatic imine (C=N–C) groups is 1. The Morgan fingerprint density at radius 1 is 1.25 bits per heavy atom. The zero-order valence-electron chi connectivity index (χ0n) is 12.5. The molecule has 9 heteroatoms. The van der Waals surface area contributed by atoms with E-state index in [9.17, 15) is 13.2 Å². The number of anilines is 1. The third-order valence-electron chi connectivity index (χ3n) is 4.37. The fraction of sp³-hybridized carbons (Fsp3) is 0.467. The number of hydrogen-bond donors (Lipinski definition) is 0. The number of amidine groups is 1. The molecular weight excluding hydrogens is 391 g/mol. The van der Waals surface area contributed by atoms with Crippen LogP contribution in [0.5, 0.6) is 0 Å². The van der Waals surface area contributed by atoms with Crippen LogP contribution in [0.15, 0.2) is 23.2 Å². The monoisotopic (exact) mass is 404 g/mol. The first-order chi connectivity index (χ1) is 11.3. The van der Waals surface area contributed by atoms with Crippen LogP contribution in [0.1, 0.15) is 12.8 Å². The van der Waals surface area contributed by atoms with Gasteiger partial charge in [-0.3, -0.25) is 4.79 Å². The first kappa shape index (κ1) is 16.7. The molecule has 1 saturated carbocycles. The minimum absolute atomic E-state index is 0.0129. The quantitative estimate of drug-likeness (QED) is 0.757. The summed E-state index contributed by atoms with van der Waals surface area (Å²) < 4.78 is 24.0. The molecule has 1 aliphatic carbocycles. The summed E-state index contributed by atoms with van der Waals surface area (Å²) >= 11 is 13.8. The van der Waals surface area contributed by atoms with Crippen LogP contribution in [0.25, 0.3) is 0 Å². The molecule has 0 N–H and O–H groups in total. The van der Waals surface area contributed by atoms with Gasteiger partial charge in [0.25, 0.3) is 5.91 Å². The zero-order chi connectivity index (χ0) is 17.1. The van der Waals surface area contributed by atoms with Gasteiger partial charge in [-0.2, -0.15) is 4.99 Å². The summed E-state index contributed by atoms with van der Waals surface area (Å²) in [5, 5.41) is 1.34. The van der Waals surface area contributed by atoms with E-state index in [1.54, 1.807) is 23.1 Å². The fourth-order valence-corrected chi connectivity index (χ4v) is 7.32. The summed E-state index contributed by atoms with van der Waals surface area (Å²) in [7, 11) is -3.10. The fourth-order valence-electron chi connectivity index (χ4n) is 3.03. The van der Waals surface area contributed by atoms with Gasteiger partial charge in [-0.1, -0.05) is 35.0 Å². The van der Waals surface area contributed by atoms with Crippen molar-refractivity contribution >= 4 is 61.6 Å². The number of thioether (sulfide) groups is 1. The number of amides is 1. The number of halogens is 2. The molecule has 1 aromatic rings. The Hall–Kier alpha value is -0.760. The number of carbonyl (C=O) groups excluding carboxylic acids is 1. The van der Waals surface area contributed by atoms with Crippen LogP contribution < -0.4 is 4.90 Å². The van der Waals surface area contributed by atoms with E-state index in [1.165, 1.54) is 11.8 Å². The Bertz CT molecular complexity index is 852. The number of sulfone groups is 1. The smallest absolute Gasteiger partial charge is 0.251 e. The molecule has 2 atom stereocenters. The third kappa shape index (κ3) is 3.07. The number of fused-ring (bicyclic) bond motifs is 1. The van der Waals surface area contributed by atoms with Gasteiger partial charge in [-0.05, 0) is 31.0 Å².